The number of ether oxygens (including phenoxy) is 1. The molecule has 31 heavy (non-hydrogen) atoms. The Morgan fingerprint density at radius 3 is 2.48 bits per heavy atom. The number of methoxy groups -OCH3 is 1. The van der Waals surface area contributed by atoms with Gasteiger partial charge < -0.3 is 14.5 Å². The van der Waals surface area contributed by atoms with Crippen LogP contribution in [-0.2, 0) is 0 Å². The molecule has 8 nitrogen and oxygen atoms in total. The molecule has 9 heteroatoms. The van der Waals surface area contributed by atoms with Crippen molar-refractivity contribution in [3.05, 3.63) is 60.4 Å². The minimum absolute atomic E-state index is 0.0242. The van der Waals surface area contributed by atoms with Crippen LogP contribution < -0.4 is 9.64 Å². The molecule has 0 bridgehead atoms. The first-order chi connectivity index (χ1) is 15.2. The number of hydrogen-bond donors (Lipinski definition) is 0. The quantitative estimate of drug-likeness (QED) is 0.490. The second kappa shape index (κ2) is 8.27. The number of piperazine rings is 1. The first kappa shape index (κ1) is 19.4. The normalized spacial score (nSPS) is 14.1. The molecule has 156 valence electrons. The topological polar surface area (TPSA) is 84.3 Å². The highest BCUT2D eigenvalue weighted by Crippen LogP contribution is 2.24. The summed E-state index contributed by atoms with van der Waals surface area (Å²) in [6.45, 7) is 2.69. The van der Waals surface area contributed by atoms with Crippen molar-refractivity contribution < 1.29 is 9.53 Å². The van der Waals surface area contributed by atoms with E-state index < -0.39 is 0 Å². The summed E-state index contributed by atoms with van der Waals surface area (Å²) in [5, 5.41) is 0. The second-order valence-electron chi connectivity index (χ2n) is 7.24. The molecule has 2 aromatic heterocycles. The number of hydrogen-bond acceptors (Lipinski definition) is 8. The zero-order valence-corrected chi connectivity index (χ0v) is 17.7. The Morgan fingerprint density at radius 2 is 1.71 bits per heavy atom. The summed E-state index contributed by atoms with van der Waals surface area (Å²) in [7, 11) is 1.65. The van der Waals surface area contributed by atoms with Crippen LogP contribution in [0.15, 0.2) is 54.9 Å². The summed E-state index contributed by atoms with van der Waals surface area (Å²) in [5.74, 6) is 1.70. The number of nitrogens with zero attached hydrogens (tertiary/aromatic N) is 6. The monoisotopic (exact) mass is 432 g/mol. The molecule has 0 radical (unpaired) electrons. The SMILES string of the molecule is COc1ccc(-c2cc(N3CCN(C(=O)c4ccc5nsnc5c4)CC3)ncn2)cc1. The highest BCUT2D eigenvalue weighted by atomic mass is 32.1. The van der Waals surface area contributed by atoms with E-state index >= 15 is 0 Å². The van der Waals surface area contributed by atoms with E-state index in [9.17, 15) is 4.79 Å². The third-order valence-electron chi connectivity index (χ3n) is 5.43. The van der Waals surface area contributed by atoms with Crippen LogP contribution in [0.25, 0.3) is 22.3 Å². The summed E-state index contributed by atoms with van der Waals surface area (Å²) in [4.78, 5) is 25.9. The van der Waals surface area contributed by atoms with Crippen molar-refractivity contribution in [1.82, 2.24) is 23.6 Å². The molecule has 1 saturated heterocycles. The number of rotatable bonds is 4. The number of carbonyl (C=O) groups is 1. The van der Waals surface area contributed by atoms with Crippen molar-refractivity contribution in [1.29, 1.82) is 0 Å². The molecule has 0 unspecified atom stereocenters. The lowest BCUT2D eigenvalue weighted by molar-refractivity contribution is 0.0746. The highest BCUT2D eigenvalue weighted by molar-refractivity contribution is 7.00. The van der Waals surface area contributed by atoms with Gasteiger partial charge in [-0.1, -0.05) is 0 Å². The molecule has 2 aromatic carbocycles. The van der Waals surface area contributed by atoms with E-state index in [4.69, 9.17) is 4.74 Å². The molecule has 0 atom stereocenters. The molecule has 4 aromatic rings. The van der Waals surface area contributed by atoms with Crippen molar-refractivity contribution >= 4 is 34.5 Å². The van der Waals surface area contributed by atoms with Crippen molar-refractivity contribution in [3.63, 3.8) is 0 Å². The lowest BCUT2D eigenvalue weighted by Crippen LogP contribution is -2.49. The lowest BCUT2D eigenvalue weighted by Gasteiger charge is -2.35. The van der Waals surface area contributed by atoms with Gasteiger partial charge in [-0.05, 0) is 42.5 Å². The summed E-state index contributed by atoms with van der Waals surface area (Å²) < 4.78 is 13.6. The summed E-state index contributed by atoms with van der Waals surface area (Å²) >= 11 is 1.16. The molecule has 0 N–H and O–H groups in total. The standard InChI is InChI=1S/C22H20N6O2S/c1-30-17-5-2-15(3-6-17)19-13-21(24-14-23-19)27-8-10-28(11-9-27)22(29)16-4-7-18-20(12-16)26-31-25-18/h2-7,12-14H,8-11H2,1H3. The van der Waals surface area contributed by atoms with Gasteiger partial charge in [0.15, 0.2) is 0 Å². The van der Waals surface area contributed by atoms with Crippen LogP contribution in [0.1, 0.15) is 10.4 Å². The van der Waals surface area contributed by atoms with Gasteiger partial charge in [-0.3, -0.25) is 4.79 Å². The van der Waals surface area contributed by atoms with Crippen molar-refractivity contribution in [2.24, 2.45) is 0 Å². The number of amides is 1. The molecule has 1 aliphatic rings. The fourth-order valence-corrected chi connectivity index (χ4v) is 4.19. The third kappa shape index (κ3) is 3.91. The van der Waals surface area contributed by atoms with Gasteiger partial charge in [0, 0.05) is 43.4 Å². The van der Waals surface area contributed by atoms with E-state index in [1.54, 1.807) is 13.4 Å². The molecule has 0 spiro atoms. The predicted octanol–water partition coefficient (Wildman–Crippen LogP) is 3.12. The average molecular weight is 433 g/mol. The van der Waals surface area contributed by atoms with Gasteiger partial charge in [-0.25, -0.2) is 9.97 Å². The van der Waals surface area contributed by atoms with Gasteiger partial charge in [0.1, 0.15) is 28.9 Å². The molecule has 0 saturated carbocycles. The molecule has 1 aliphatic heterocycles. The first-order valence-corrected chi connectivity index (χ1v) is 10.7. The Labute approximate surface area is 183 Å². The van der Waals surface area contributed by atoms with Gasteiger partial charge in [-0.2, -0.15) is 8.75 Å². The highest BCUT2D eigenvalue weighted by Gasteiger charge is 2.23. The minimum Gasteiger partial charge on any atom is -0.497 e. The number of fused-ring (bicyclic) bond motifs is 1. The Kier molecular flexibility index (Phi) is 5.17. The molecule has 5 rings (SSSR count). The van der Waals surface area contributed by atoms with Gasteiger partial charge in [-0.15, -0.1) is 0 Å². The zero-order chi connectivity index (χ0) is 21.2. The minimum atomic E-state index is 0.0242. The van der Waals surface area contributed by atoms with E-state index in [0.29, 0.717) is 31.7 Å². The maximum atomic E-state index is 12.9. The maximum Gasteiger partial charge on any atom is 0.254 e. The molecular weight excluding hydrogens is 412 g/mol. The van der Waals surface area contributed by atoms with E-state index in [1.807, 2.05) is 53.4 Å². The van der Waals surface area contributed by atoms with E-state index in [2.05, 4.69) is 23.6 Å². The fraction of sp³-hybridized carbons (Fsp3) is 0.227. The molecule has 1 amide bonds. The van der Waals surface area contributed by atoms with Crippen LogP contribution in [0, 0.1) is 0 Å². The number of benzene rings is 2. The van der Waals surface area contributed by atoms with Crippen molar-refractivity contribution in [2.45, 2.75) is 0 Å². The fourth-order valence-electron chi connectivity index (χ4n) is 3.68. The molecule has 0 aliphatic carbocycles. The molecular formula is C22H20N6O2S. The smallest absolute Gasteiger partial charge is 0.254 e. The molecule has 1 fully saturated rings. The number of carbonyl (C=O) groups excluding carboxylic acids is 1. The number of aromatic nitrogens is 4. The molecule has 3 heterocycles. The van der Waals surface area contributed by atoms with Gasteiger partial charge in [0.05, 0.1) is 24.5 Å². The van der Waals surface area contributed by atoms with Crippen LogP contribution in [0.5, 0.6) is 5.75 Å². The Bertz CT molecular complexity index is 1220. The van der Waals surface area contributed by atoms with Crippen LogP contribution in [-0.4, -0.2) is 62.8 Å². The van der Waals surface area contributed by atoms with Crippen molar-refractivity contribution in [2.75, 3.05) is 38.2 Å². The Balaban J connectivity index is 1.27. The maximum absolute atomic E-state index is 12.9. The predicted molar refractivity (Wildman–Crippen MR) is 120 cm³/mol. The largest absolute Gasteiger partial charge is 0.497 e. The third-order valence-corrected chi connectivity index (χ3v) is 5.99. The zero-order valence-electron chi connectivity index (χ0n) is 16.9. The van der Waals surface area contributed by atoms with Crippen LogP contribution >= 0.6 is 11.7 Å². The van der Waals surface area contributed by atoms with Gasteiger partial charge in [0.25, 0.3) is 5.91 Å². The van der Waals surface area contributed by atoms with Gasteiger partial charge in [0.2, 0.25) is 0 Å². The van der Waals surface area contributed by atoms with Crippen LogP contribution in [0.3, 0.4) is 0 Å². The Hall–Kier alpha value is -3.59. The van der Waals surface area contributed by atoms with Crippen molar-refractivity contribution in [3.8, 4) is 17.0 Å². The van der Waals surface area contributed by atoms with Crippen LogP contribution in [0.4, 0.5) is 5.82 Å². The first-order valence-electron chi connectivity index (χ1n) is 9.94. The summed E-state index contributed by atoms with van der Waals surface area (Å²) in [6.07, 6.45) is 1.59. The lowest BCUT2D eigenvalue weighted by atomic mass is 10.1. The van der Waals surface area contributed by atoms with Gasteiger partial charge >= 0.3 is 0 Å². The summed E-state index contributed by atoms with van der Waals surface area (Å²) in [6, 6.07) is 15.3. The average Bonchev–Trinajstić information content (AvgIpc) is 3.32. The summed E-state index contributed by atoms with van der Waals surface area (Å²) in [5.41, 5.74) is 4.10. The van der Waals surface area contributed by atoms with E-state index in [0.717, 1.165) is 45.6 Å². The van der Waals surface area contributed by atoms with E-state index in [1.165, 1.54) is 0 Å². The number of anilines is 1. The van der Waals surface area contributed by atoms with Crippen LogP contribution in [0.2, 0.25) is 0 Å². The van der Waals surface area contributed by atoms with E-state index in [-0.39, 0.29) is 5.91 Å². The second-order valence-corrected chi connectivity index (χ2v) is 7.77. The Morgan fingerprint density at radius 1 is 0.935 bits per heavy atom.